The first-order valence-electron chi connectivity index (χ1n) is 3.86. The number of rotatable bonds is 2. The molecule has 0 amide bonds. The van der Waals surface area contributed by atoms with Gasteiger partial charge in [0, 0.05) is 0 Å². The Morgan fingerprint density at radius 2 is 2.40 bits per heavy atom. The molecule has 1 unspecified atom stereocenters. The predicted molar refractivity (Wildman–Crippen MR) is 42.7 cm³/mol. The van der Waals surface area contributed by atoms with Crippen LogP contribution in [-0.4, -0.2) is 6.10 Å². The largest absolute Gasteiger partial charge is 0.495 e. The zero-order chi connectivity index (χ0) is 7.23. The molecule has 1 atom stereocenters. The van der Waals surface area contributed by atoms with Crippen molar-refractivity contribution in [3.8, 4) is 0 Å². The van der Waals surface area contributed by atoms with Crippen molar-refractivity contribution in [3.63, 3.8) is 0 Å². The normalized spacial score (nSPS) is 25.4. The third kappa shape index (κ3) is 2.26. The van der Waals surface area contributed by atoms with Crippen molar-refractivity contribution in [2.24, 2.45) is 0 Å². The minimum Gasteiger partial charge on any atom is -0.495 e. The fourth-order valence-electron chi connectivity index (χ4n) is 1.19. The summed E-state index contributed by atoms with van der Waals surface area (Å²) in [5.74, 6) is 0. The SMILES string of the molecule is C=COC1C=CCCCC1. The Bertz CT molecular complexity index is 127. The van der Waals surface area contributed by atoms with Gasteiger partial charge in [-0.15, -0.1) is 0 Å². The minimum absolute atomic E-state index is 0.292. The maximum absolute atomic E-state index is 5.24. The van der Waals surface area contributed by atoms with E-state index < -0.39 is 0 Å². The summed E-state index contributed by atoms with van der Waals surface area (Å²) >= 11 is 0. The van der Waals surface area contributed by atoms with Gasteiger partial charge in [-0.05, 0) is 31.8 Å². The van der Waals surface area contributed by atoms with Crippen LogP contribution in [0.5, 0.6) is 0 Å². The van der Waals surface area contributed by atoms with Crippen LogP contribution < -0.4 is 0 Å². The third-order valence-electron chi connectivity index (χ3n) is 1.73. The molecule has 0 fully saturated rings. The van der Waals surface area contributed by atoms with Crippen molar-refractivity contribution in [2.75, 3.05) is 0 Å². The quantitative estimate of drug-likeness (QED) is 0.421. The monoisotopic (exact) mass is 138 g/mol. The Kier molecular flexibility index (Phi) is 3.07. The number of ether oxygens (including phenoxy) is 1. The van der Waals surface area contributed by atoms with Gasteiger partial charge in [0.25, 0.3) is 0 Å². The second-order valence-corrected chi connectivity index (χ2v) is 2.55. The van der Waals surface area contributed by atoms with Crippen LogP contribution in [0, 0.1) is 0 Å². The summed E-state index contributed by atoms with van der Waals surface area (Å²) in [5.41, 5.74) is 0. The first-order chi connectivity index (χ1) is 4.93. The molecule has 0 heterocycles. The summed E-state index contributed by atoms with van der Waals surface area (Å²) in [5, 5.41) is 0. The van der Waals surface area contributed by atoms with E-state index in [2.05, 4.69) is 18.7 Å². The van der Waals surface area contributed by atoms with Crippen LogP contribution in [0.15, 0.2) is 25.0 Å². The van der Waals surface area contributed by atoms with E-state index in [0.717, 1.165) is 6.42 Å². The summed E-state index contributed by atoms with van der Waals surface area (Å²) in [6.07, 6.45) is 11.1. The summed E-state index contributed by atoms with van der Waals surface area (Å²) in [7, 11) is 0. The molecule has 0 aromatic carbocycles. The molecule has 0 aliphatic heterocycles. The molecule has 0 aromatic rings. The molecular weight excluding hydrogens is 124 g/mol. The van der Waals surface area contributed by atoms with Crippen LogP contribution in [0.4, 0.5) is 0 Å². The molecule has 1 rings (SSSR count). The first kappa shape index (κ1) is 7.39. The van der Waals surface area contributed by atoms with Gasteiger partial charge in [0.1, 0.15) is 6.10 Å². The Morgan fingerprint density at radius 3 is 3.20 bits per heavy atom. The molecule has 0 bridgehead atoms. The van der Waals surface area contributed by atoms with E-state index >= 15 is 0 Å². The smallest absolute Gasteiger partial charge is 0.116 e. The molecule has 1 nitrogen and oxygen atoms in total. The molecule has 0 N–H and O–H groups in total. The summed E-state index contributed by atoms with van der Waals surface area (Å²) in [6, 6.07) is 0. The van der Waals surface area contributed by atoms with Gasteiger partial charge in [0.15, 0.2) is 0 Å². The minimum atomic E-state index is 0.292. The molecule has 0 spiro atoms. The Labute approximate surface area is 62.4 Å². The van der Waals surface area contributed by atoms with Gasteiger partial charge in [0.05, 0.1) is 6.26 Å². The number of hydrogen-bond acceptors (Lipinski definition) is 1. The van der Waals surface area contributed by atoms with Gasteiger partial charge < -0.3 is 4.74 Å². The van der Waals surface area contributed by atoms with Crippen LogP contribution in [0.1, 0.15) is 25.7 Å². The zero-order valence-electron chi connectivity index (χ0n) is 6.25. The molecule has 10 heavy (non-hydrogen) atoms. The second-order valence-electron chi connectivity index (χ2n) is 2.55. The van der Waals surface area contributed by atoms with Crippen LogP contribution in [0.2, 0.25) is 0 Å². The molecular formula is C9H14O. The average Bonchev–Trinajstić information content (AvgIpc) is 2.17. The Morgan fingerprint density at radius 1 is 1.50 bits per heavy atom. The van der Waals surface area contributed by atoms with E-state index in [4.69, 9.17) is 4.74 Å². The van der Waals surface area contributed by atoms with E-state index in [0.29, 0.717) is 6.10 Å². The third-order valence-corrected chi connectivity index (χ3v) is 1.73. The second kappa shape index (κ2) is 4.15. The predicted octanol–water partition coefficient (Wildman–Crippen LogP) is 2.65. The van der Waals surface area contributed by atoms with Crippen LogP contribution >= 0.6 is 0 Å². The van der Waals surface area contributed by atoms with Gasteiger partial charge in [-0.25, -0.2) is 0 Å². The fraction of sp³-hybridized carbons (Fsp3) is 0.556. The maximum Gasteiger partial charge on any atom is 0.116 e. The van der Waals surface area contributed by atoms with Gasteiger partial charge in [-0.3, -0.25) is 0 Å². The van der Waals surface area contributed by atoms with Gasteiger partial charge >= 0.3 is 0 Å². The Balaban J connectivity index is 2.33. The van der Waals surface area contributed by atoms with Crippen molar-refractivity contribution < 1.29 is 4.74 Å². The van der Waals surface area contributed by atoms with Crippen molar-refractivity contribution in [1.82, 2.24) is 0 Å². The Hall–Kier alpha value is -0.720. The van der Waals surface area contributed by atoms with Crippen molar-refractivity contribution in [1.29, 1.82) is 0 Å². The van der Waals surface area contributed by atoms with Crippen LogP contribution in [-0.2, 0) is 4.74 Å². The van der Waals surface area contributed by atoms with Crippen LogP contribution in [0.3, 0.4) is 0 Å². The molecule has 0 saturated carbocycles. The number of hydrogen-bond donors (Lipinski definition) is 0. The molecule has 1 heteroatoms. The van der Waals surface area contributed by atoms with Crippen molar-refractivity contribution in [2.45, 2.75) is 31.8 Å². The molecule has 0 radical (unpaired) electrons. The van der Waals surface area contributed by atoms with Crippen molar-refractivity contribution in [3.05, 3.63) is 25.0 Å². The highest BCUT2D eigenvalue weighted by atomic mass is 16.5. The van der Waals surface area contributed by atoms with E-state index in [-0.39, 0.29) is 0 Å². The van der Waals surface area contributed by atoms with E-state index in [1.54, 1.807) is 0 Å². The molecule has 1 aliphatic rings. The van der Waals surface area contributed by atoms with Gasteiger partial charge in [-0.1, -0.05) is 12.7 Å². The van der Waals surface area contributed by atoms with E-state index in [1.807, 2.05) is 0 Å². The lowest BCUT2D eigenvalue weighted by atomic mass is 10.2. The highest BCUT2D eigenvalue weighted by molar-refractivity contribution is 4.92. The van der Waals surface area contributed by atoms with Crippen LogP contribution in [0.25, 0.3) is 0 Å². The number of allylic oxidation sites excluding steroid dienone is 1. The average molecular weight is 138 g/mol. The lowest BCUT2D eigenvalue weighted by Gasteiger charge is -2.08. The fourth-order valence-corrected chi connectivity index (χ4v) is 1.19. The first-order valence-corrected chi connectivity index (χ1v) is 3.86. The standard InChI is InChI=1S/C9H14O/c1-2-10-9-7-5-3-4-6-8-9/h2,5,7,9H,1,3-4,6,8H2. The molecule has 0 aromatic heterocycles. The topological polar surface area (TPSA) is 9.23 Å². The van der Waals surface area contributed by atoms with Gasteiger partial charge in [0.2, 0.25) is 0 Å². The summed E-state index contributed by atoms with van der Waals surface area (Å²) in [6.45, 7) is 3.53. The molecule has 56 valence electrons. The van der Waals surface area contributed by atoms with Gasteiger partial charge in [-0.2, -0.15) is 0 Å². The van der Waals surface area contributed by atoms with E-state index in [1.165, 1.54) is 25.5 Å². The van der Waals surface area contributed by atoms with E-state index in [9.17, 15) is 0 Å². The summed E-state index contributed by atoms with van der Waals surface area (Å²) in [4.78, 5) is 0. The zero-order valence-corrected chi connectivity index (χ0v) is 6.25. The maximum atomic E-state index is 5.24. The highest BCUT2D eigenvalue weighted by Gasteiger charge is 2.05. The highest BCUT2D eigenvalue weighted by Crippen LogP contribution is 2.13. The lowest BCUT2D eigenvalue weighted by molar-refractivity contribution is 0.177. The molecule has 0 saturated heterocycles. The summed E-state index contributed by atoms with van der Waals surface area (Å²) < 4.78 is 5.24. The molecule has 1 aliphatic carbocycles. The lowest BCUT2D eigenvalue weighted by Crippen LogP contribution is -2.03. The van der Waals surface area contributed by atoms with Crippen molar-refractivity contribution >= 4 is 0 Å².